The van der Waals surface area contributed by atoms with Gasteiger partial charge in [-0.2, -0.15) is 5.26 Å². The molecule has 35 heavy (non-hydrogen) atoms. The second-order valence-corrected chi connectivity index (χ2v) is 7.57. The number of anilines is 1. The van der Waals surface area contributed by atoms with Crippen molar-refractivity contribution in [3.05, 3.63) is 89.5 Å². The molecule has 2 aromatic carbocycles. The Hall–Kier alpha value is -4.77. The minimum absolute atomic E-state index is 0.0345. The molecule has 2 heterocycles. The van der Waals surface area contributed by atoms with Crippen molar-refractivity contribution >= 4 is 34.5 Å². The molecule has 176 valence electrons. The zero-order valence-corrected chi connectivity index (χ0v) is 19.3. The fraction of sp³-hybridized carbons (Fsp3) is 0.148. The van der Waals surface area contributed by atoms with Crippen molar-refractivity contribution in [3.63, 3.8) is 0 Å². The Balaban J connectivity index is 1.60. The predicted molar refractivity (Wildman–Crippen MR) is 131 cm³/mol. The number of amides is 1. The van der Waals surface area contributed by atoms with Crippen LogP contribution in [0.2, 0.25) is 0 Å². The summed E-state index contributed by atoms with van der Waals surface area (Å²) in [7, 11) is 1.29. The molecule has 0 spiro atoms. The van der Waals surface area contributed by atoms with Crippen molar-refractivity contribution in [2.24, 2.45) is 0 Å². The molecule has 0 aliphatic carbocycles. The van der Waals surface area contributed by atoms with E-state index < -0.39 is 11.9 Å². The fourth-order valence-electron chi connectivity index (χ4n) is 3.67. The first-order valence-corrected chi connectivity index (χ1v) is 10.9. The number of hydrogen-bond acceptors (Lipinski definition) is 6. The maximum absolute atomic E-state index is 12.8. The Bertz CT molecular complexity index is 1440. The lowest BCUT2D eigenvalue weighted by Gasteiger charge is -2.06. The molecule has 0 saturated heterocycles. The second kappa shape index (κ2) is 10.4. The van der Waals surface area contributed by atoms with Crippen molar-refractivity contribution < 1.29 is 23.5 Å². The molecular weight excluding hydrogens is 446 g/mol. The van der Waals surface area contributed by atoms with E-state index in [1.807, 2.05) is 48.0 Å². The number of ether oxygens (including phenoxy) is 2. The van der Waals surface area contributed by atoms with Crippen molar-refractivity contribution in [1.29, 1.82) is 5.26 Å². The number of nitriles is 1. The Morgan fingerprint density at radius 1 is 1.11 bits per heavy atom. The van der Waals surface area contributed by atoms with Crippen LogP contribution in [0.25, 0.3) is 17.0 Å². The van der Waals surface area contributed by atoms with Crippen LogP contribution in [-0.2, 0) is 16.1 Å². The third-order valence-corrected chi connectivity index (χ3v) is 5.28. The molecule has 1 N–H and O–H groups in total. The lowest BCUT2D eigenvalue weighted by atomic mass is 10.1. The van der Waals surface area contributed by atoms with Crippen LogP contribution in [0.1, 0.15) is 28.8 Å². The number of esters is 1. The standard InChI is InChI=1S/C27H23N3O5/c1-3-34-21-10-8-20(9-11-21)29-26(31)18(15-28)14-19-16-30(24-7-5-4-6-23(19)24)17-22-12-13-25(35-22)27(32)33-2/h4-14,16H,3,17H2,1-2H3,(H,29,31)/b18-14-. The largest absolute Gasteiger partial charge is 0.494 e. The summed E-state index contributed by atoms with van der Waals surface area (Å²) in [5.41, 5.74) is 2.12. The van der Waals surface area contributed by atoms with Gasteiger partial charge in [0.2, 0.25) is 5.76 Å². The highest BCUT2D eigenvalue weighted by atomic mass is 16.5. The molecule has 4 rings (SSSR count). The molecule has 0 unspecified atom stereocenters. The van der Waals surface area contributed by atoms with E-state index in [1.54, 1.807) is 42.5 Å². The molecule has 8 nitrogen and oxygen atoms in total. The van der Waals surface area contributed by atoms with E-state index in [1.165, 1.54) is 7.11 Å². The third kappa shape index (κ3) is 5.25. The topological polar surface area (TPSA) is 106 Å². The molecule has 0 aliphatic rings. The van der Waals surface area contributed by atoms with Crippen LogP contribution in [0.4, 0.5) is 5.69 Å². The molecule has 4 aromatic rings. The number of rotatable bonds is 8. The van der Waals surface area contributed by atoms with Gasteiger partial charge in [0, 0.05) is 28.4 Å². The summed E-state index contributed by atoms with van der Waals surface area (Å²) in [5, 5.41) is 13.3. The van der Waals surface area contributed by atoms with Gasteiger partial charge in [0.15, 0.2) is 0 Å². The summed E-state index contributed by atoms with van der Waals surface area (Å²) >= 11 is 0. The Kier molecular flexibility index (Phi) is 6.98. The van der Waals surface area contributed by atoms with E-state index in [2.05, 4.69) is 10.1 Å². The molecule has 0 bridgehead atoms. The normalized spacial score (nSPS) is 11.2. The molecule has 0 fully saturated rings. The number of fused-ring (bicyclic) bond motifs is 1. The van der Waals surface area contributed by atoms with E-state index >= 15 is 0 Å². The number of para-hydroxylation sites is 1. The zero-order valence-electron chi connectivity index (χ0n) is 19.3. The van der Waals surface area contributed by atoms with Gasteiger partial charge in [-0.05, 0) is 55.5 Å². The van der Waals surface area contributed by atoms with Crippen LogP contribution in [0.5, 0.6) is 5.75 Å². The van der Waals surface area contributed by atoms with Crippen LogP contribution in [0.15, 0.2) is 76.9 Å². The van der Waals surface area contributed by atoms with Crippen LogP contribution in [0, 0.1) is 11.3 Å². The molecule has 0 aliphatic heterocycles. The van der Waals surface area contributed by atoms with Crippen LogP contribution >= 0.6 is 0 Å². The van der Waals surface area contributed by atoms with Crippen molar-refractivity contribution in [2.45, 2.75) is 13.5 Å². The number of hydrogen-bond donors (Lipinski definition) is 1. The number of methoxy groups -OCH3 is 1. The highest BCUT2D eigenvalue weighted by Crippen LogP contribution is 2.25. The number of carbonyl (C=O) groups excluding carboxylic acids is 2. The SMILES string of the molecule is CCOc1ccc(NC(=O)/C(C#N)=C\c2cn(Cc3ccc(C(=O)OC)o3)c3ccccc23)cc1. The lowest BCUT2D eigenvalue weighted by molar-refractivity contribution is -0.112. The van der Waals surface area contributed by atoms with Gasteiger partial charge in [-0.25, -0.2) is 4.79 Å². The average molecular weight is 469 g/mol. The second-order valence-electron chi connectivity index (χ2n) is 7.57. The fourth-order valence-corrected chi connectivity index (χ4v) is 3.67. The van der Waals surface area contributed by atoms with E-state index in [0.29, 0.717) is 35.9 Å². The molecule has 0 atom stereocenters. The van der Waals surface area contributed by atoms with Gasteiger partial charge in [-0.3, -0.25) is 4.79 Å². The van der Waals surface area contributed by atoms with E-state index in [-0.39, 0.29) is 11.3 Å². The number of furan rings is 1. The summed E-state index contributed by atoms with van der Waals surface area (Å²) in [4.78, 5) is 24.5. The van der Waals surface area contributed by atoms with Gasteiger partial charge in [0.1, 0.15) is 23.2 Å². The first kappa shape index (κ1) is 23.4. The maximum atomic E-state index is 12.8. The van der Waals surface area contributed by atoms with Crippen LogP contribution in [0.3, 0.4) is 0 Å². The minimum Gasteiger partial charge on any atom is -0.494 e. The quantitative estimate of drug-likeness (QED) is 0.221. The van der Waals surface area contributed by atoms with Crippen molar-refractivity contribution in [2.75, 3.05) is 19.0 Å². The summed E-state index contributed by atoms with van der Waals surface area (Å²) in [6, 6.07) is 19.8. The zero-order chi connectivity index (χ0) is 24.8. The van der Waals surface area contributed by atoms with Gasteiger partial charge >= 0.3 is 5.97 Å². The highest BCUT2D eigenvalue weighted by Gasteiger charge is 2.15. The smallest absolute Gasteiger partial charge is 0.373 e. The molecule has 0 radical (unpaired) electrons. The van der Waals surface area contributed by atoms with Gasteiger partial charge < -0.3 is 23.8 Å². The molecule has 8 heteroatoms. The van der Waals surface area contributed by atoms with Crippen molar-refractivity contribution in [3.8, 4) is 11.8 Å². The summed E-state index contributed by atoms with van der Waals surface area (Å²) in [6.07, 6.45) is 3.40. The predicted octanol–water partition coefficient (Wildman–Crippen LogP) is 5.01. The maximum Gasteiger partial charge on any atom is 0.373 e. The van der Waals surface area contributed by atoms with Gasteiger partial charge in [-0.15, -0.1) is 0 Å². The lowest BCUT2D eigenvalue weighted by Crippen LogP contribution is -2.13. The average Bonchev–Trinajstić information content (AvgIpc) is 3.48. The van der Waals surface area contributed by atoms with E-state index in [4.69, 9.17) is 9.15 Å². The van der Waals surface area contributed by atoms with Gasteiger partial charge in [-0.1, -0.05) is 18.2 Å². The number of nitrogens with zero attached hydrogens (tertiary/aromatic N) is 2. The molecular formula is C27H23N3O5. The van der Waals surface area contributed by atoms with Crippen LogP contribution < -0.4 is 10.1 Å². The Labute approximate surface area is 202 Å². The number of nitrogens with one attached hydrogen (secondary N) is 1. The van der Waals surface area contributed by atoms with Gasteiger partial charge in [0.05, 0.1) is 20.3 Å². The summed E-state index contributed by atoms with van der Waals surface area (Å²) in [6.45, 7) is 2.80. The highest BCUT2D eigenvalue weighted by molar-refractivity contribution is 6.10. The van der Waals surface area contributed by atoms with Crippen LogP contribution in [-0.4, -0.2) is 30.2 Å². The minimum atomic E-state index is -0.547. The number of benzene rings is 2. The summed E-state index contributed by atoms with van der Waals surface area (Å²) < 4.78 is 17.6. The Morgan fingerprint density at radius 3 is 2.60 bits per heavy atom. The van der Waals surface area contributed by atoms with Crippen molar-refractivity contribution in [1.82, 2.24) is 4.57 Å². The molecule has 0 saturated carbocycles. The Morgan fingerprint density at radius 2 is 1.89 bits per heavy atom. The molecule has 1 amide bonds. The number of aromatic nitrogens is 1. The van der Waals surface area contributed by atoms with Gasteiger partial charge in [0.25, 0.3) is 5.91 Å². The monoisotopic (exact) mass is 469 g/mol. The summed E-state index contributed by atoms with van der Waals surface area (Å²) in [5.74, 6) is 0.327. The van der Waals surface area contributed by atoms with E-state index in [0.717, 1.165) is 10.9 Å². The van der Waals surface area contributed by atoms with E-state index in [9.17, 15) is 14.9 Å². The number of carbonyl (C=O) groups is 2. The first-order valence-electron chi connectivity index (χ1n) is 10.9. The first-order chi connectivity index (χ1) is 17.0. The molecule has 2 aromatic heterocycles. The third-order valence-electron chi connectivity index (χ3n) is 5.28.